The van der Waals surface area contributed by atoms with E-state index in [2.05, 4.69) is 19.9 Å². The van der Waals surface area contributed by atoms with Gasteiger partial charge in [-0.3, -0.25) is 0 Å². The first-order valence-corrected chi connectivity index (χ1v) is 9.77. The van der Waals surface area contributed by atoms with Crippen LogP contribution in [0.3, 0.4) is 0 Å². The number of methoxy groups -OCH3 is 1. The molecule has 0 saturated heterocycles. The van der Waals surface area contributed by atoms with Crippen LogP contribution in [0.25, 0.3) is 0 Å². The second kappa shape index (κ2) is 11.5. The van der Waals surface area contributed by atoms with E-state index in [1.54, 1.807) is 0 Å². The van der Waals surface area contributed by atoms with E-state index < -0.39 is 52.5 Å². The minimum Gasteiger partial charge on any atom is -0.466 e. The fraction of sp³-hybridized carbons (Fsp3) is 0.190. The van der Waals surface area contributed by atoms with E-state index in [1.807, 2.05) is 0 Å². The summed E-state index contributed by atoms with van der Waals surface area (Å²) < 4.78 is 120. The molecule has 0 atom stereocenters. The average Bonchev–Trinajstić information content (AvgIpc) is 2.81. The van der Waals surface area contributed by atoms with Crippen LogP contribution in [-0.2, 0) is 31.6 Å². The van der Waals surface area contributed by atoms with Gasteiger partial charge in [0.25, 0.3) is 5.90 Å². The van der Waals surface area contributed by atoms with E-state index >= 15 is 0 Å². The first-order chi connectivity index (χ1) is 17.0. The molecule has 0 aliphatic rings. The first kappa shape index (κ1) is 29.5. The molecular formula is C21H12ClF9N2O4. The van der Waals surface area contributed by atoms with Gasteiger partial charge in [-0.25, -0.2) is 4.79 Å². The molecule has 0 aliphatic carbocycles. The highest BCUT2D eigenvalue weighted by molar-refractivity contribution is 6.69. The maximum Gasteiger partial charge on any atom is 0.452 e. The summed E-state index contributed by atoms with van der Waals surface area (Å²) in [6, 6.07) is 5.74. The topological polar surface area (TPSA) is 69.5 Å². The lowest BCUT2D eigenvalue weighted by molar-refractivity contribution is -0.142. The van der Waals surface area contributed by atoms with Crippen molar-refractivity contribution in [1.82, 2.24) is 0 Å². The smallest absolute Gasteiger partial charge is 0.452 e. The molecule has 2 aromatic rings. The quantitative estimate of drug-likeness (QED) is 0.0753. The summed E-state index contributed by atoms with van der Waals surface area (Å²) in [6.45, 7) is 0. The Hall–Kier alpha value is -3.75. The number of hydrogen-bond donors (Lipinski definition) is 0. The lowest BCUT2D eigenvalue weighted by Crippen LogP contribution is -2.16. The van der Waals surface area contributed by atoms with Crippen LogP contribution in [-0.4, -0.2) is 30.3 Å². The van der Waals surface area contributed by atoms with Crippen LogP contribution >= 0.6 is 11.6 Å². The molecule has 0 bridgehead atoms. The van der Waals surface area contributed by atoms with Crippen LogP contribution in [0, 0.1) is 0 Å². The van der Waals surface area contributed by atoms with Crippen molar-refractivity contribution in [2.45, 2.75) is 18.5 Å². The molecule has 37 heavy (non-hydrogen) atoms. The monoisotopic (exact) mass is 562 g/mol. The Morgan fingerprint density at radius 2 is 1.22 bits per heavy atom. The highest BCUT2D eigenvalue weighted by Crippen LogP contribution is 2.31. The SMILES string of the molecule is COC(=O)/C=C(\O/N=C(/O/N=C(\Cl)c1ccc(C(F)(F)F)cc1)c1ccc(C(F)(F)F)cc1)C(F)(F)F. The summed E-state index contributed by atoms with van der Waals surface area (Å²) in [5.74, 6) is -4.41. The molecule has 0 saturated carbocycles. The van der Waals surface area contributed by atoms with Gasteiger partial charge in [-0.15, -0.1) is 0 Å². The molecule has 6 nitrogen and oxygen atoms in total. The first-order valence-electron chi connectivity index (χ1n) is 9.40. The molecular weight excluding hydrogens is 551 g/mol. The summed E-state index contributed by atoms with van der Waals surface area (Å²) >= 11 is 5.86. The highest BCUT2D eigenvalue weighted by atomic mass is 35.5. The number of nitrogens with zero attached hydrogens (tertiary/aromatic N) is 2. The van der Waals surface area contributed by atoms with Crippen molar-refractivity contribution in [3.05, 3.63) is 82.6 Å². The number of halogens is 10. The van der Waals surface area contributed by atoms with Crippen molar-refractivity contribution in [2.24, 2.45) is 10.3 Å². The van der Waals surface area contributed by atoms with Crippen LogP contribution in [0.4, 0.5) is 39.5 Å². The van der Waals surface area contributed by atoms with Gasteiger partial charge in [0, 0.05) is 11.1 Å². The number of ether oxygens (including phenoxy) is 1. The van der Waals surface area contributed by atoms with Crippen LogP contribution in [0.15, 0.2) is 70.7 Å². The summed E-state index contributed by atoms with van der Waals surface area (Å²) in [6.07, 6.45) is -14.8. The number of carbonyl (C=O) groups excluding carboxylic acids is 1. The molecule has 0 spiro atoms. The summed E-state index contributed by atoms with van der Waals surface area (Å²) in [7, 11) is 0.783. The third-order valence-electron chi connectivity index (χ3n) is 4.08. The average molecular weight is 563 g/mol. The van der Waals surface area contributed by atoms with E-state index in [9.17, 15) is 44.3 Å². The predicted molar refractivity (Wildman–Crippen MR) is 110 cm³/mol. The van der Waals surface area contributed by atoms with Gasteiger partial charge in [0.15, 0.2) is 5.17 Å². The van der Waals surface area contributed by atoms with Gasteiger partial charge in [0.05, 0.1) is 24.3 Å². The number of alkyl halides is 9. The van der Waals surface area contributed by atoms with Gasteiger partial charge in [-0.05, 0) is 41.6 Å². The number of allylic oxidation sites excluding steroid dienone is 1. The van der Waals surface area contributed by atoms with Gasteiger partial charge < -0.3 is 14.4 Å². The number of benzene rings is 2. The Kier molecular flexibility index (Phi) is 9.19. The molecule has 0 radical (unpaired) electrons. The molecule has 0 fully saturated rings. The molecule has 0 unspecified atom stereocenters. The Bertz CT molecular complexity index is 1180. The standard InChI is InChI=1S/C21H12ClF9N2O4/c1-35-16(34)10-15(21(29,30)31)36-33-18(12-4-8-14(9-5-12)20(26,27)28)37-32-17(22)11-2-6-13(7-3-11)19(23,24)25/h2-10H,1H3/b15-10-,32-17-,33-18+. The van der Waals surface area contributed by atoms with Crippen LogP contribution < -0.4 is 0 Å². The minimum absolute atomic E-state index is 0.105. The van der Waals surface area contributed by atoms with Gasteiger partial charge in [0.2, 0.25) is 5.76 Å². The number of hydrogen-bond acceptors (Lipinski definition) is 6. The molecule has 0 amide bonds. The second-order valence-electron chi connectivity index (χ2n) is 6.64. The fourth-order valence-corrected chi connectivity index (χ4v) is 2.43. The molecule has 0 N–H and O–H groups in total. The van der Waals surface area contributed by atoms with E-state index in [-0.39, 0.29) is 17.2 Å². The van der Waals surface area contributed by atoms with E-state index in [0.717, 1.165) is 31.4 Å². The number of esters is 1. The van der Waals surface area contributed by atoms with Gasteiger partial charge in [-0.1, -0.05) is 28.9 Å². The van der Waals surface area contributed by atoms with Crippen LogP contribution in [0.2, 0.25) is 0 Å². The minimum atomic E-state index is -5.26. The third-order valence-corrected chi connectivity index (χ3v) is 4.37. The molecule has 2 rings (SSSR count). The van der Waals surface area contributed by atoms with Crippen LogP contribution in [0.1, 0.15) is 22.3 Å². The fourth-order valence-electron chi connectivity index (χ4n) is 2.27. The Labute approximate surface area is 206 Å². The van der Waals surface area contributed by atoms with Crippen molar-refractivity contribution in [2.75, 3.05) is 7.11 Å². The van der Waals surface area contributed by atoms with Crippen molar-refractivity contribution >= 4 is 28.6 Å². The van der Waals surface area contributed by atoms with Crippen molar-refractivity contribution in [3.8, 4) is 0 Å². The zero-order valence-electron chi connectivity index (χ0n) is 18.0. The number of rotatable bonds is 6. The van der Waals surface area contributed by atoms with Crippen molar-refractivity contribution in [1.29, 1.82) is 0 Å². The maximum atomic E-state index is 13.1. The lowest BCUT2D eigenvalue weighted by atomic mass is 10.1. The lowest BCUT2D eigenvalue weighted by Gasteiger charge is -2.11. The summed E-state index contributed by atoms with van der Waals surface area (Å²) in [4.78, 5) is 20.2. The number of oxime groups is 2. The zero-order chi connectivity index (χ0) is 28.0. The second-order valence-corrected chi connectivity index (χ2v) is 7.00. The maximum absolute atomic E-state index is 13.1. The summed E-state index contributed by atoms with van der Waals surface area (Å²) in [5, 5.41) is 5.78. The summed E-state index contributed by atoms with van der Waals surface area (Å²) in [5.41, 5.74) is -2.64. The molecule has 0 aromatic heterocycles. The normalized spacial score (nSPS) is 13.9. The van der Waals surface area contributed by atoms with Gasteiger partial charge >= 0.3 is 24.5 Å². The highest BCUT2D eigenvalue weighted by Gasteiger charge is 2.38. The van der Waals surface area contributed by atoms with Gasteiger partial charge in [0.1, 0.15) is 0 Å². The Morgan fingerprint density at radius 1 is 0.757 bits per heavy atom. The molecule has 0 heterocycles. The molecule has 200 valence electrons. The van der Waals surface area contributed by atoms with Crippen molar-refractivity contribution in [3.63, 3.8) is 0 Å². The molecule has 0 aliphatic heterocycles. The molecule has 2 aromatic carbocycles. The van der Waals surface area contributed by atoms with Crippen molar-refractivity contribution < 1.29 is 58.7 Å². The zero-order valence-corrected chi connectivity index (χ0v) is 18.8. The predicted octanol–water partition coefficient (Wildman–Crippen LogP) is 6.64. The Morgan fingerprint density at radius 3 is 1.62 bits per heavy atom. The number of carbonyl (C=O) groups is 1. The van der Waals surface area contributed by atoms with E-state index in [4.69, 9.17) is 16.4 Å². The Balaban J connectivity index is 2.44. The van der Waals surface area contributed by atoms with Crippen LogP contribution in [0.5, 0.6) is 0 Å². The van der Waals surface area contributed by atoms with E-state index in [0.29, 0.717) is 24.3 Å². The van der Waals surface area contributed by atoms with Gasteiger partial charge in [-0.2, -0.15) is 39.5 Å². The third kappa shape index (κ3) is 8.70. The molecule has 16 heteroatoms. The van der Waals surface area contributed by atoms with E-state index in [1.165, 1.54) is 0 Å². The largest absolute Gasteiger partial charge is 0.466 e.